The van der Waals surface area contributed by atoms with Crippen molar-refractivity contribution in [3.05, 3.63) is 29.8 Å². The summed E-state index contributed by atoms with van der Waals surface area (Å²) in [4.78, 5) is 11.4. The zero-order valence-corrected chi connectivity index (χ0v) is 8.69. The lowest BCUT2D eigenvalue weighted by atomic mass is 10.2. The van der Waals surface area contributed by atoms with Crippen LogP contribution in [0.3, 0.4) is 0 Å². The van der Waals surface area contributed by atoms with Crippen LogP contribution in [0.25, 0.3) is 0 Å². The number of rotatable bonds is 3. The molecule has 0 saturated heterocycles. The lowest BCUT2D eigenvalue weighted by Crippen LogP contribution is -1.96. The predicted molar refractivity (Wildman–Crippen MR) is 53.6 cm³/mol. The summed E-state index contributed by atoms with van der Waals surface area (Å²) < 4.78 is 11.3. The average molecular weight is 217 g/mol. The van der Waals surface area contributed by atoms with Crippen LogP contribution in [0.5, 0.6) is 0 Å². The molecule has 0 bridgehead atoms. The lowest BCUT2D eigenvalue weighted by Gasteiger charge is -1.99. The van der Waals surface area contributed by atoms with E-state index in [0.29, 0.717) is 16.2 Å². The standard InChI is InChI=1S/C9H9ClO2S/c1-2-13(12)8-5-3-4-7(6-8)9(10)11/h3-6H,2H2,1H3. The molecular weight excluding hydrogens is 208 g/mol. The van der Waals surface area contributed by atoms with E-state index in [-0.39, 0.29) is 0 Å². The highest BCUT2D eigenvalue weighted by atomic mass is 35.5. The fourth-order valence-corrected chi connectivity index (χ4v) is 1.87. The minimum atomic E-state index is -1.03. The summed E-state index contributed by atoms with van der Waals surface area (Å²) in [6.07, 6.45) is 0. The average Bonchev–Trinajstić information content (AvgIpc) is 2.17. The quantitative estimate of drug-likeness (QED) is 0.726. The molecule has 0 aliphatic rings. The van der Waals surface area contributed by atoms with Crippen molar-refractivity contribution in [2.45, 2.75) is 11.8 Å². The Kier molecular flexibility index (Phi) is 3.63. The monoisotopic (exact) mass is 216 g/mol. The van der Waals surface area contributed by atoms with Gasteiger partial charge in [0.15, 0.2) is 0 Å². The van der Waals surface area contributed by atoms with E-state index in [1.165, 1.54) is 0 Å². The van der Waals surface area contributed by atoms with Gasteiger partial charge < -0.3 is 0 Å². The van der Waals surface area contributed by atoms with Gasteiger partial charge in [-0.25, -0.2) is 0 Å². The molecule has 0 amide bonds. The van der Waals surface area contributed by atoms with Gasteiger partial charge in [-0.15, -0.1) is 0 Å². The van der Waals surface area contributed by atoms with Gasteiger partial charge in [0.05, 0.1) is 10.8 Å². The highest BCUT2D eigenvalue weighted by molar-refractivity contribution is 7.85. The van der Waals surface area contributed by atoms with E-state index >= 15 is 0 Å². The highest BCUT2D eigenvalue weighted by Gasteiger charge is 2.05. The Morgan fingerprint density at radius 3 is 2.77 bits per heavy atom. The fraction of sp³-hybridized carbons (Fsp3) is 0.222. The molecule has 0 radical (unpaired) electrons. The molecular formula is C9H9ClO2S. The minimum absolute atomic E-state index is 0.390. The maximum Gasteiger partial charge on any atom is 0.252 e. The molecule has 0 heterocycles. The molecule has 1 rings (SSSR count). The van der Waals surface area contributed by atoms with E-state index in [9.17, 15) is 9.00 Å². The fourth-order valence-electron chi connectivity index (χ4n) is 0.927. The molecule has 0 N–H and O–H groups in total. The molecule has 1 aromatic rings. The van der Waals surface area contributed by atoms with Gasteiger partial charge in [-0.05, 0) is 23.7 Å². The van der Waals surface area contributed by atoms with Crippen LogP contribution in [0, 0.1) is 0 Å². The Balaban J connectivity index is 3.05. The summed E-state index contributed by atoms with van der Waals surface area (Å²) in [5.74, 6) is 0.542. The van der Waals surface area contributed by atoms with Crippen molar-refractivity contribution < 1.29 is 9.00 Å². The summed E-state index contributed by atoms with van der Waals surface area (Å²) >= 11 is 5.29. The largest absolute Gasteiger partial charge is 0.276 e. The van der Waals surface area contributed by atoms with Crippen LogP contribution in [-0.2, 0) is 10.8 Å². The van der Waals surface area contributed by atoms with Crippen molar-refractivity contribution >= 4 is 27.6 Å². The van der Waals surface area contributed by atoms with Gasteiger partial charge in [-0.1, -0.05) is 19.1 Å². The molecule has 4 heteroatoms. The third kappa shape index (κ3) is 2.64. The van der Waals surface area contributed by atoms with Gasteiger partial charge in [0.1, 0.15) is 0 Å². The van der Waals surface area contributed by atoms with Crippen molar-refractivity contribution in [2.24, 2.45) is 0 Å². The van der Waals surface area contributed by atoms with Crippen molar-refractivity contribution in [3.8, 4) is 0 Å². The Morgan fingerprint density at radius 1 is 1.54 bits per heavy atom. The SMILES string of the molecule is CCS(=O)c1cccc(C(=O)Cl)c1. The molecule has 70 valence electrons. The third-order valence-corrected chi connectivity index (χ3v) is 3.11. The predicted octanol–water partition coefficient (Wildman–Crippen LogP) is 2.19. The first kappa shape index (κ1) is 10.4. The van der Waals surface area contributed by atoms with Crippen molar-refractivity contribution in [1.29, 1.82) is 0 Å². The second-order valence-corrected chi connectivity index (χ2v) is 4.52. The van der Waals surface area contributed by atoms with Gasteiger partial charge in [0.25, 0.3) is 5.24 Å². The number of hydrogen-bond acceptors (Lipinski definition) is 2. The van der Waals surface area contributed by atoms with E-state index in [0.717, 1.165) is 0 Å². The second-order valence-electron chi connectivity index (χ2n) is 2.44. The summed E-state index contributed by atoms with van der Waals surface area (Å²) in [7, 11) is -1.03. The first-order valence-electron chi connectivity index (χ1n) is 3.83. The molecule has 0 aliphatic heterocycles. The number of benzene rings is 1. The molecule has 13 heavy (non-hydrogen) atoms. The lowest BCUT2D eigenvalue weighted by molar-refractivity contribution is 0.108. The smallest absolute Gasteiger partial charge is 0.252 e. The maximum absolute atomic E-state index is 11.3. The van der Waals surface area contributed by atoms with E-state index in [1.54, 1.807) is 24.3 Å². The minimum Gasteiger partial charge on any atom is -0.276 e. The first-order chi connectivity index (χ1) is 6.15. The molecule has 1 unspecified atom stereocenters. The van der Waals surface area contributed by atoms with Crippen LogP contribution in [0.4, 0.5) is 0 Å². The summed E-state index contributed by atoms with van der Waals surface area (Å²) in [5.41, 5.74) is 0.390. The molecule has 0 aliphatic carbocycles. The van der Waals surface area contributed by atoms with Crippen LogP contribution < -0.4 is 0 Å². The van der Waals surface area contributed by atoms with E-state index in [1.807, 2.05) is 6.92 Å². The zero-order chi connectivity index (χ0) is 9.84. The van der Waals surface area contributed by atoms with Crippen molar-refractivity contribution in [2.75, 3.05) is 5.75 Å². The van der Waals surface area contributed by atoms with Crippen LogP contribution in [-0.4, -0.2) is 15.2 Å². The van der Waals surface area contributed by atoms with Crippen molar-refractivity contribution in [1.82, 2.24) is 0 Å². The molecule has 1 aromatic carbocycles. The van der Waals surface area contributed by atoms with Gasteiger partial charge in [-0.2, -0.15) is 0 Å². The van der Waals surface area contributed by atoms with Crippen LogP contribution in [0.15, 0.2) is 29.2 Å². The van der Waals surface area contributed by atoms with Crippen LogP contribution in [0.2, 0.25) is 0 Å². The summed E-state index contributed by atoms with van der Waals surface area (Å²) in [6, 6.07) is 6.57. The number of carbonyl (C=O) groups excluding carboxylic acids is 1. The Bertz CT molecular complexity index is 349. The Labute approximate surface area is 84.4 Å². The Hall–Kier alpha value is -0.670. The molecule has 0 saturated carbocycles. The second kappa shape index (κ2) is 4.53. The summed E-state index contributed by atoms with van der Waals surface area (Å²) in [6.45, 7) is 1.82. The maximum atomic E-state index is 11.3. The molecule has 1 atom stereocenters. The normalized spacial score (nSPS) is 12.5. The van der Waals surface area contributed by atoms with Crippen molar-refractivity contribution in [3.63, 3.8) is 0 Å². The Morgan fingerprint density at radius 2 is 2.23 bits per heavy atom. The molecule has 0 fully saturated rings. The highest BCUT2D eigenvalue weighted by Crippen LogP contribution is 2.11. The van der Waals surface area contributed by atoms with E-state index in [4.69, 9.17) is 11.6 Å². The van der Waals surface area contributed by atoms with Gasteiger partial charge in [0.2, 0.25) is 0 Å². The molecule has 0 spiro atoms. The van der Waals surface area contributed by atoms with Crippen LogP contribution in [0.1, 0.15) is 17.3 Å². The topological polar surface area (TPSA) is 34.1 Å². The number of halogens is 1. The summed E-state index contributed by atoms with van der Waals surface area (Å²) in [5, 5.41) is -0.519. The zero-order valence-electron chi connectivity index (χ0n) is 7.12. The molecule has 0 aromatic heterocycles. The van der Waals surface area contributed by atoms with Crippen LogP contribution >= 0.6 is 11.6 Å². The van der Waals surface area contributed by atoms with Gasteiger partial charge in [0, 0.05) is 16.2 Å². The van der Waals surface area contributed by atoms with E-state index < -0.39 is 16.0 Å². The molecule has 2 nitrogen and oxygen atoms in total. The number of hydrogen-bond donors (Lipinski definition) is 0. The van der Waals surface area contributed by atoms with Gasteiger partial charge >= 0.3 is 0 Å². The first-order valence-corrected chi connectivity index (χ1v) is 5.53. The number of carbonyl (C=O) groups is 1. The van der Waals surface area contributed by atoms with Gasteiger partial charge in [-0.3, -0.25) is 9.00 Å². The van der Waals surface area contributed by atoms with E-state index in [2.05, 4.69) is 0 Å². The third-order valence-electron chi connectivity index (χ3n) is 1.59.